The molecule has 7 nitrogen and oxygen atoms in total. The van der Waals surface area contributed by atoms with E-state index in [1.807, 2.05) is 0 Å². The van der Waals surface area contributed by atoms with Gasteiger partial charge in [-0.15, -0.1) is 0 Å². The molecule has 0 bridgehead atoms. The van der Waals surface area contributed by atoms with E-state index in [4.69, 9.17) is 23.3 Å². The molecule has 1 aromatic rings. The third-order valence-electron chi connectivity index (χ3n) is 5.98. The molecule has 30 heavy (non-hydrogen) atoms. The third kappa shape index (κ3) is 5.50. The average molecular weight is 442 g/mol. The Hall–Kier alpha value is -1.27. The summed E-state index contributed by atoms with van der Waals surface area (Å²) in [5.74, 6) is -0.261. The van der Waals surface area contributed by atoms with E-state index < -0.39 is 13.4 Å². The van der Waals surface area contributed by atoms with Gasteiger partial charge in [-0.2, -0.15) is 0 Å². The Balaban J connectivity index is 1.91. The highest BCUT2D eigenvalue weighted by atomic mass is 31.2. The summed E-state index contributed by atoms with van der Waals surface area (Å²) in [6.45, 7) is 0. The molecule has 2 fully saturated rings. The highest BCUT2D eigenvalue weighted by molar-refractivity contribution is 7.54. The lowest BCUT2D eigenvalue weighted by atomic mass is 9.98. The van der Waals surface area contributed by atoms with E-state index in [2.05, 4.69) is 0 Å². The van der Waals surface area contributed by atoms with Crippen LogP contribution >= 0.6 is 7.60 Å². The van der Waals surface area contributed by atoms with Crippen molar-refractivity contribution in [2.75, 3.05) is 21.3 Å². The van der Waals surface area contributed by atoms with Crippen LogP contribution in [-0.4, -0.2) is 38.6 Å². The van der Waals surface area contributed by atoms with Crippen LogP contribution in [0.15, 0.2) is 12.1 Å². The Kier molecular flexibility index (Phi) is 8.46. The van der Waals surface area contributed by atoms with E-state index in [1.165, 1.54) is 21.3 Å². The normalized spacial score (nSPS) is 20.0. The van der Waals surface area contributed by atoms with Gasteiger partial charge in [-0.05, 0) is 37.8 Å². The molecular formula is C22H35O7P. The van der Waals surface area contributed by atoms with Gasteiger partial charge in [-0.3, -0.25) is 4.57 Å². The number of aliphatic hydroxyl groups excluding tert-OH is 1. The minimum absolute atomic E-state index is 0.162. The largest absolute Gasteiger partial charge is 0.493 e. The predicted octanol–water partition coefficient (Wildman–Crippen LogP) is 5.60. The Labute approximate surface area is 179 Å². The van der Waals surface area contributed by atoms with Gasteiger partial charge >= 0.3 is 7.60 Å². The minimum atomic E-state index is -3.85. The molecule has 2 aliphatic carbocycles. The first-order valence-electron chi connectivity index (χ1n) is 10.9. The molecule has 1 aromatic carbocycles. The summed E-state index contributed by atoms with van der Waals surface area (Å²) in [4.78, 5) is 0. The van der Waals surface area contributed by atoms with Gasteiger partial charge in [0.1, 0.15) is 0 Å². The lowest BCUT2D eigenvalue weighted by molar-refractivity contribution is 0.0544. The number of ether oxygens (including phenoxy) is 3. The van der Waals surface area contributed by atoms with Crippen LogP contribution in [0, 0.1) is 0 Å². The van der Waals surface area contributed by atoms with Crippen molar-refractivity contribution in [3.63, 3.8) is 0 Å². The standard InChI is InChI=1S/C22H35O7P/c1-25-19-14-16(15-20(26-2)21(19)27-3)22(23)30(24,28-17-10-6-4-7-11-17)29-18-12-8-5-9-13-18/h14-15,17-18,22-23H,4-13H2,1-3H3/t22-/m0/s1. The van der Waals surface area contributed by atoms with E-state index >= 15 is 0 Å². The van der Waals surface area contributed by atoms with E-state index in [1.54, 1.807) is 12.1 Å². The number of benzene rings is 1. The maximum absolute atomic E-state index is 14.0. The van der Waals surface area contributed by atoms with Crippen LogP contribution in [-0.2, 0) is 13.6 Å². The van der Waals surface area contributed by atoms with E-state index in [-0.39, 0.29) is 12.2 Å². The fourth-order valence-electron chi connectivity index (χ4n) is 4.33. The summed E-state index contributed by atoms with van der Waals surface area (Å²) < 4.78 is 42.3. The molecule has 2 aliphatic rings. The fourth-order valence-corrected chi connectivity index (χ4v) is 6.38. The molecule has 0 radical (unpaired) electrons. The maximum Gasteiger partial charge on any atom is 0.363 e. The van der Waals surface area contributed by atoms with Gasteiger partial charge in [0.05, 0.1) is 33.5 Å². The van der Waals surface area contributed by atoms with Gasteiger partial charge in [-0.25, -0.2) is 0 Å². The van der Waals surface area contributed by atoms with Crippen LogP contribution in [0.1, 0.15) is 75.6 Å². The predicted molar refractivity (Wildman–Crippen MR) is 115 cm³/mol. The number of rotatable bonds is 9. The molecule has 0 spiro atoms. The lowest BCUT2D eigenvalue weighted by Crippen LogP contribution is -2.22. The second kappa shape index (κ2) is 10.9. The van der Waals surface area contributed by atoms with E-state index in [9.17, 15) is 9.67 Å². The van der Waals surface area contributed by atoms with Crippen molar-refractivity contribution in [2.24, 2.45) is 0 Å². The molecule has 0 heterocycles. The number of hydrogen-bond acceptors (Lipinski definition) is 7. The number of methoxy groups -OCH3 is 3. The monoisotopic (exact) mass is 442 g/mol. The van der Waals surface area contributed by atoms with Crippen LogP contribution in [0.4, 0.5) is 0 Å². The molecule has 0 amide bonds. The van der Waals surface area contributed by atoms with Gasteiger partial charge in [-0.1, -0.05) is 38.5 Å². The second-order valence-corrected chi connectivity index (χ2v) is 10.1. The van der Waals surface area contributed by atoms with Crippen molar-refractivity contribution in [1.82, 2.24) is 0 Å². The van der Waals surface area contributed by atoms with Gasteiger partial charge < -0.3 is 28.4 Å². The van der Waals surface area contributed by atoms with Crippen LogP contribution in [0.5, 0.6) is 17.2 Å². The summed E-state index contributed by atoms with van der Waals surface area (Å²) in [5.41, 5.74) is 0.361. The molecular weight excluding hydrogens is 407 g/mol. The first-order chi connectivity index (χ1) is 14.5. The summed E-state index contributed by atoms with van der Waals surface area (Å²) in [7, 11) is 0.672. The van der Waals surface area contributed by atoms with Gasteiger partial charge in [0.15, 0.2) is 17.3 Å². The third-order valence-corrected chi connectivity index (χ3v) is 8.06. The highest BCUT2D eigenvalue weighted by Crippen LogP contribution is 2.63. The van der Waals surface area contributed by atoms with Crippen molar-refractivity contribution in [1.29, 1.82) is 0 Å². The Bertz CT molecular complexity index is 677. The lowest BCUT2D eigenvalue weighted by Gasteiger charge is -2.33. The molecule has 170 valence electrons. The molecule has 0 aromatic heterocycles. The van der Waals surface area contributed by atoms with E-state index in [0.29, 0.717) is 22.8 Å². The molecule has 1 atom stereocenters. The number of hydrogen-bond donors (Lipinski definition) is 1. The van der Waals surface area contributed by atoms with Crippen LogP contribution in [0.25, 0.3) is 0 Å². The summed E-state index contributed by atoms with van der Waals surface area (Å²) >= 11 is 0. The van der Waals surface area contributed by atoms with Gasteiger partial charge in [0.25, 0.3) is 0 Å². The SMILES string of the molecule is COc1cc([C@@H](O)P(=O)(OC2CCCCC2)OC2CCCCC2)cc(OC)c1OC. The van der Waals surface area contributed by atoms with E-state index in [0.717, 1.165) is 64.2 Å². The van der Waals surface area contributed by atoms with Crippen molar-refractivity contribution in [3.8, 4) is 17.2 Å². The van der Waals surface area contributed by atoms with Crippen molar-refractivity contribution in [2.45, 2.75) is 82.3 Å². The smallest absolute Gasteiger partial charge is 0.363 e. The molecule has 0 unspecified atom stereocenters. The molecule has 1 N–H and O–H groups in total. The van der Waals surface area contributed by atoms with Crippen LogP contribution in [0.2, 0.25) is 0 Å². The van der Waals surface area contributed by atoms with Gasteiger partial charge in [0, 0.05) is 5.56 Å². The van der Waals surface area contributed by atoms with Gasteiger partial charge in [0.2, 0.25) is 5.75 Å². The molecule has 0 saturated heterocycles. The first-order valence-corrected chi connectivity index (χ1v) is 12.6. The Morgan fingerprint density at radius 2 is 1.23 bits per heavy atom. The fraction of sp³-hybridized carbons (Fsp3) is 0.727. The average Bonchev–Trinajstić information content (AvgIpc) is 2.78. The van der Waals surface area contributed by atoms with Crippen molar-refractivity contribution >= 4 is 7.60 Å². The van der Waals surface area contributed by atoms with Crippen molar-refractivity contribution < 1.29 is 32.9 Å². The Morgan fingerprint density at radius 1 is 0.800 bits per heavy atom. The maximum atomic E-state index is 14.0. The zero-order valence-electron chi connectivity index (χ0n) is 18.3. The summed E-state index contributed by atoms with van der Waals surface area (Å²) in [5, 5.41) is 11.2. The number of aliphatic hydroxyl groups is 1. The Morgan fingerprint density at radius 3 is 1.60 bits per heavy atom. The quantitative estimate of drug-likeness (QED) is 0.499. The topological polar surface area (TPSA) is 83.5 Å². The molecule has 8 heteroatoms. The summed E-state index contributed by atoms with van der Waals surface area (Å²) in [6.07, 6.45) is 9.46. The zero-order chi connectivity index (χ0) is 21.6. The second-order valence-electron chi connectivity index (χ2n) is 8.10. The highest BCUT2D eigenvalue weighted by Gasteiger charge is 2.42. The summed E-state index contributed by atoms with van der Waals surface area (Å²) in [6, 6.07) is 3.21. The first kappa shape index (κ1) is 23.4. The van der Waals surface area contributed by atoms with Crippen LogP contribution < -0.4 is 14.2 Å². The minimum Gasteiger partial charge on any atom is -0.493 e. The molecule has 0 aliphatic heterocycles. The van der Waals surface area contributed by atoms with Crippen molar-refractivity contribution in [3.05, 3.63) is 17.7 Å². The van der Waals surface area contributed by atoms with Crippen LogP contribution in [0.3, 0.4) is 0 Å². The molecule has 3 rings (SSSR count). The molecule has 2 saturated carbocycles. The zero-order valence-corrected chi connectivity index (χ0v) is 19.2.